The molecule has 0 unspecified atom stereocenters. The minimum Gasteiger partial charge on any atom is -0.484 e. The number of hydrogen-bond acceptors (Lipinski definition) is 7. The molecule has 4 rings (SSSR count). The molecule has 0 N–H and O–H groups in total. The first-order valence-electron chi connectivity index (χ1n) is 9.76. The van der Waals surface area contributed by atoms with Crippen LogP contribution in [0.1, 0.15) is 0 Å². The number of rotatable bonds is 5. The van der Waals surface area contributed by atoms with Gasteiger partial charge in [-0.1, -0.05) is 11.6 Å². The Morgan fingerprint density at radius 3 is 2.45 bits per heavy atom. The molecule has 0 spiro atoms. The fourth-order valence-corrected chi connectivity index (χ4v) is 3.51. The Kier molecular flexibility index (Phi) is 6.31. The lowest BCUT2D eigenvalue weighted by atomic mass is 10.3. The summed E-state index contributed by atoms with van der Waals surface area (Å²) < 4.78 is 11.0. The topological polar surface area (TPSA) is 71.0 Å². The summed E-state index contributed by atoms with van der Waals surface area (Å²) in [6.07, 6.45) is 1.80. The van der Waals surface area contributed by atoms with Crippen LogP contribution in [0.3, 0.4) is 0 Å². The zero-order chi connectivity index (χ0) is 20.1. The number of hydrogen-bond donors (Lipinski definition) is 0. The predicted octanol–water partition coefficient (Wildman–Crippen LogP) is 1.69. The number of benzene rings is 1. The Hall–Kier alpha value is -2.58. The Labute approximate surface area is 175 Å². The van der Waals surface area contributed by atoms with Crippen molar-refractivity contribution in [2.45, 2.75) is 0 Å². The van der Waals surface area contributed by atoms with E-state index in [-0.39, 0.29) is 12.5 Å². The highest BCUT2D eigenvalue weighted by Gasteiger charge is 2.23. The van der Waals surface area contributed by atoms with Crippen LogP contribution in [-0.4, -0.2) is 79.9 Å². The molecule has 29 heavy (non-hydrogen) atoms. The number of anilines is 2. The van der Waals surface area contributed by atoms with Crippen LogP contribution in [-0.2, 0) is 9.53 Å². The summed E-state index contributed by atoms with van der Waals surface area (Å²) in [4.78, 5) is 27.7. The second-order valence-electron chi connectivity index (χ2n) is 6.92. The van der Waals surface area contributed by atoms with E-state index >= 15 is 0 Å². The van der Waals surface area contributed by atoms with Gasteiger partial charge in [-0.2, -0.15) is 4.98 Å². The summed E-state index contributed by atoms with van der Waals surface area (Å²) >= 11 is 5.86. The van der Waals surface area contributed by atoms with Crippen LogP contribution < -0.4 is 14.5 Å². The quantitative estimate of drug-likeness (QED) is 0.733. The van der Waals surface area contributed by atoms with Gasteiger partial charge in [-0.05, 0) is 30.3 Å². The molecule has 8 nitrogen and oxygen atoms in total. The van der Waals surface area contributed by atoms with Crippen molar-refractivity contribution in [3.05, 3.63) is 41.6 Å². The van der Waals surface area contributed by atoms with Gasteiger partial charge in [0.1, 0.15) is 11.6 Å². The number of carbonyl (C=O) groups is 1. The van der Waals surface area contributed by atoms with Crippen LogP contribution in [0.25, 0.3) is 0 Å². The number of amides is 1. The number of ether oxygens (including phenoxy) is 2. The molecular formula is C20H24ClN5O3. The van der Waals surface area contributed by atoms with Crippen molar-refractivity contribution in [1.29, 1.82) is 0 Å². The average molecular weight is 418 g/mol. The molecular weight excluding hydrogens is 394 g/mol. The number of nitrogens with zero attached hydrogens (tertiary/aromatic N) is 5. The average Bonchev–Trinajstić information content (AvgIpc) is 2.79. The normalized spacial score (nSPS) is 17.3. The largest absolute Gasteiger partial charge is 0.484 e. The molecule has 2 aliphatic heterocycles. The molecule has 2 aromatic rings. The van der Waals surface area contributed by atoms with Gasteiger partial charge in [0.05, 0.1) is 13.2 Å². The van der Waals surface area contributed by atoms with Gasteiger partial charge in [0.2, 0.25) is 5.95 Å². The summed E-state index contributed by atoms with van der Waals surface area (Å²) in [5, 5.41) is 0.640. The number of morpholine rings is 1. The van der Waals surface area contributed by atoms with Crippen molar-refractivity contribution in [2.75, 3.05) is 68.9 Å². The molecule has 0 radical (unpaired) electrons. The SMILES string of the molecule is O=C(COc1ccc(Cl)cc1)N1CCN(c2ccnc(N3CCOCC3)n2)CC1. The highest BCUT2D eigenvalue weighted by atomic mass is 35.5. The van der Waals surface area contributed by atoms with Gasteiger partial charge in [0.25, 0.3) is 5.91 Å². The van der Waals surface area contributed by atoms with Crippen LogP contribution >= 0.6 is 11.6 Å². The Morgan fingerprint density at radius 1 is 1.00 bits per heavy atom. The van der Waals surface area contributed by atoms with Gasteiger partial charge < -0.3 is 24.2 Å². The molecule has 0 aliphatic carbocycles. The summed E-state index contributed by atoms with van der Waals surface area (Å²) in [5.41, 5.74) is 0. The second kappa shape index (κ2) is 9.28. The molecule has 1 aromatic heterocycles. The Bertz CT molecular complexity index is 821. The van der Waals surface area contributed by atoms with Crippen LogP contribution in [0.2, 0.25) is 5.02 Å². The molecule has 2 saturated heterocycles. The molecule has 3 heterocycles. The van der Waals surface area contributed by atoms with Gasteiger partial charge in [0, 0.05) is 50.5 Å². The third kappa shape index (κ3) is 5.07. The van der Waals surface area contributed by atoms with Crippen molar-refractivity contribution >= 4 is 29.3 Å². The van der Waals surface area contributed by atoms with E-state index in [2.05, 4.69) is 14.8 Å². The van der Waals surface area contributed by atoms with Crippen molar-refractivity contribution < 1.29 is 14.3 Å². The Balaban J connectivity index is 1.28. The number of piperazine rings is 1. The highest BCUT2D eigenvalue weighted by molar-refractivity contribution is 6.30. The van der Waals surface area contributed by atoms with Crippen molar-refractivity contribution in [3.8, 4) is 5.75 Å². The maximum absolute atomic E-state index is 12.5. The van der Waals surface area contributed by atoms with Gasteiger partial charge >= 0.3 is 0 Å². The zero-order valence-electron chi connectivity index (χ0n) is 16.2. The third-order valence-corrected chi connectivity index (χ3v) is 5.31. The summed E-state index contributed by atoms with van der Waals surface area (Å²) in [6, 6.07) is 8.93. The fourth-order valence-electron chi connectivity index (χ4n) is 3.38. The predicted molar refractivity (Wildman–Crippen MR) is 111 cm³/mol. The van der Waals surface area contributed by atoms with Gasteiger partial charge in [0.15, 0.2) is 6.61 Å². The van der Waals surface area contributed by atoms with Crippen molar-refractivity contribution in [2.24, 2.45) is 0 Å². The molecule has 2 aliphatic rings. The first kappa shape index (κ1) is 19.7. The molecule has 1 aromatic carbocycles. The fraction of sp³-hybridized carbons (Fsp3) is 0.450. The van der Waals surface area contributed by atoms with E-state index in [1.165, 1.54) is 0 Å². The maximum Gasteiger partial charge on any atom is 0.260 e. The van der Waals surface area contributed by atoms with Crippen molar-refractivity contribution in [1.82, 2.24) is 14.9 Å². The first-order chi connectivity index (χ1) is 14.2. The van der Waals surface area contributed by atoms with Gasteiger partial charge in [-0.3, -0.25) is 4.79 Å². The van der Waals surface area contributed by atoms with E-state index in [1.54, 1.807) is 30.5 Å². The summed E-state index contributed by atoms with van der Waals surface area (Å²) in [7, 11) is 0. The van der Waals surface area contributed by atoms with E-state index < -0.39 is 0 Å². The first-order valence-corrected chi connectivity index (χ1v) is 10.1. The smallest absolute Gasteiger partial charge is 0.260 e. The minimum absolute atomic E-state index is 0.0173. The number of halogens is 1. The van der Waals surface area contributed by atoms with Crippen LogP contribution in [0.5, 0.6) is 5.75 Å². The Morgan fingerprint density at radius 2 is 1.72 bits per heavy atom. The zero-order valence-corrected chi connectivity index (χ0v) is 16.9. The lowest BCUT2D eigenvalue weighted by Crippen LogP contribution is -2.50. The number of aromatic nitrogens is 2. The van der Waals surface area contributed by atoms with Crippen LogP contribution in [0, 0.1) is 0 Å². The monoisotopic (exact) mass is 417 g/mol. The lowest BCUT2D eigenvalue weighted by Gasteiger charge is -2.35. The standard InChI is InChI=1S/C20H24ClN5O3/c21-16-1-3-17(4-2-16)29-15-19(27)25-9-7-24(8-10-25)18-5-6-22-20(23-18)26-11-13-28-14-12-26/h1-6H,7-15H2. The van der Waals surface area contributed by atoms with Gasteiger partial charge in [-0.25, -0.2) is 4.98 Å². The summed E-state index contributed by atoms with van der Waals surface area (Å²) in [5.74, 6) is 2.25. The van der Waals surface area contributed by atoms with E-state index in [1.807, 2.05) is 11.0 Å². The third-order valence-electron chi connectivity index (χ3n) is 5.05. The summed E-state index contributed by atoms with van der Waals surface area (Å²) in [6.45, 7) is 5.77. The molecule has 9 heteroatoms. The minimum atomic E-state index is -0.0173. The van der Waals surface area contributed by atoms with Crippen LogP contribution in [0.15, 0.2) is 36.5 Å². The van der Waals surface area contributed by atoms with E-state index in [4.69, 9.17) is 26.1 Å². The number of carbonyl (C=O) groups excluding carboxylic acids is 1. The van der Waals surface area contributed by atoms with Crippen molar-refractivity contribution in [3.63, 3.8) is 0 Å². The molecule has 0 bridgehead atoms. The maximum atomic E-state index is 12.5. The van der Waals surface area contributed by atoms with E-state index in [9.17, 15) is 4.79 Å². The second-order valence-corrected chi connectivity index (χ2v) is 7.36. The molecule has 0 saturated carbocycles. The highest BCUT2D eigenvalue weighted by Crippen LogP contribution is 2.18. The molecule has 2 fully saturated rings. The molecule has 0 atom stereocenters. The van der Waals surface area contributed by atoms with Crippen LogP contribution in [0.4, 0.5) is 11.8 Å². The van der Waals surface area contributed by atoms with Gasteiger partial charge in [-0.15, -0.1) is 0 Å². The van der Waals surface area contributed by atoms with E-state index in [0.717, 1.165) is 37.9 Å². The molecule has 154 valence electrons. The van der Waals surface area contributed by atoms with E-state index in [0.29, 0.717) is 37.1 Å². The lowest BCUT2D eigenvalue weighted by molar-refractivity contribution is -0.133. The molecule has 1 amide bonds.